The van der Waals surface area contributed by atoms with Crippen molar-refractivity contribution in [2.45, 2.75) is 13.5 Å². The molecule has 1 heterocycles. The van der Waals surface area contributed by atoms with Gasteiger partial charge in [0.05, 0.1) is 12.2 Å². The maximum atomic E-state index is 5.61. The van der Waals surface area contributed by atoms with E-state index in [1.165, 1.54) is 0 Å². The van der Waals surface area contributed by atoms with Gasteiger partial charge in [-0.2, -0.15) is 0 Å². The van der Waals surface area contributed by atoms with E-state index in [-0.39, 0.29) is 0 Å². The van der Waals surface area contributed by atoms with Gasteiger partial charge in [-0.05, 0) is 19.1 Å². The summed E-state index contributed by atoms with van der Waals surface area (Å²) in [6, 6.07) is 7.94. The molecule has 0 unspecified atom stereocenters. The number of hydrogen-bond acceptors (Lipinski definition) is 2. The maximum absolute atomic E-state index is 5.61. The van der Waals surface area contributed by atoms with Gasteiger partial charge in [0.2, 0.25) is 0 Å². The lowest BCUT2D eigenvalue weighted by molar-refractivity contribution is 0.341. The minimum Gasteiger partial charge on any atom is -0.493 e. The van der Waals surface area contributed by atoms with Crippen LogP contribution in [-0.4, -0.2) is 16.2 Å². The highest BCUT2D eigenvalue weighted by Gasteiger charge is 2.10. The van der Waals surface area contributed by atoms with Crippen LogP contribution in [0.1, 0.15) is 6.92 Å². The molecule has 88 valence electrons. The van der Waals surface area contributed by atoms with Crippen molar-refractivity contribution < 1.29 is 4.74 Å². The maximum Gasteiger partial charge on any atom is 0.143 e. The van der Waals surface area contributed by atoms with Crippen molar-refractivity contribution in [1.82, 2.24) is 9.55 Å². The molecule has 0 N–H and O–H groups in total. The average molecular weight is 228 g/mol. The Morgan fingerprint density at radius 3 is 3.00 bits per heavy atom. The molecule has 0 aliphatic rings. The summed E-state index contributed by atoms with van der Waals surface area (Å²) in [4.78, 5) is 4.38. The normalized spacial score (nSPS) is 10.2. The number of ether oxygens (including phenoxy) is 1. The summed E-state index contributed by atoms with van der Waals surface area (Å²) < 4.78 is 7.66. The zero-order valence-corrected chi connectivity index (χ0v) is 9.97. The second-order valence-electron chi connectivity index (χ2n) is 3.62. The fourth-order valence-electron chi connectivity index (χ4n) is 1.77. The molecule has 3 nitrogen and oxygen atoms in total. The third-order valence-electron chi connectivity index (χ3n) is 2.47. The topological polar surface area (TPSA) is 27.1 Å². The molecule has 2 rings (SSSR count). The van der Waals surface area contributed by atoms with Crippen LogP contribution >= 0.6 is 0 Å². The lowest BCUT2D eigenvalue weighted by Gasteiger charge is -2.10. The lowest BCUT2D eigenvalue weighted by atomic mass is 10.2. The lowest BCUT2D eigenvalue weighted by Crippen LogP contribution is -2.00. The van der Waals surface area contributed by atoms with Crippen molar-refractivity contribution in [3.05, 3.63) is 49.3 Å². The van der Waals surface area contributed by atoms with E-state index in [1.807, 2.05) is 48.0 Å². The minimum atomic E-state index is 0.652. The summed E-state index contributed by atoms with van der Waals surface area (Å²) in [6.07, 6.45) is 5.59. The number of allylic oxidation sites excluding steroid dienone is 1. The number of imidazole rings is 1. The Balaban J connectivity index is 2.44. The van der Waals surface area contributed by atoms with Crippen molar-refractivity contribution in [3.8, 4) is 17.1 Å². The summed E-state index contributed by atoms with van der Waals surface area (Å²) in [7, 11) is 0. The van der Waals surface area contributed by atoms with Crippen molar-refractivity contribution in [3.63, 3.8) is 0 Å². The van der Waals surface area contributed by atoms with Crippen LogP contribution in [0.3, 0.4) is 0 Å². The van der Waals surface area contributed by atoms with Crippen LogP contribution in [0.15, 0.2) is 49.3 Å². The Bertz CT molecular complexity index is 502. The summed E-state index contributed by atoms with van der Waals surface area (Å²) in [5, 5.41) is 0. The van der Waals surface area contributed by atoms with E-state index in [0.717, 1.165) is 23.7 Å². The second-order valence-corrected chi connectivity index (χ2v) is 3.62. The average Bonchev–Trinajstić information content (AvgIpc) is 2.79. The number of rotatable bonds is 5. The molecule has 0 spiro atoms. The minimum absolute atomic E-state index is 0.652. The van der Waals surface area contributed by atoms with E-state index >= 15 is 0 Å². The molecule has 2 aromatic rings. The fourth-order valence-corrected chi connectivity index (χ4v) is 1.77. The molecule has 0 aliphatic heterocycles. The molecule has 1 aromatic carbocycles. The Morgan fingerprint density at radius 2 is 2.24 bits per heavy atom. The third kappa shape index (κ3) is 2.38. The molecule has 3 heteroatoms. The first-order valence-electron chi connectivity index (χ1n) is 5.71. The predicted octanol–water partition coefficient (Wildman–Crippen LogP) is 3.13. The number of para-hydroxylation sites is 1. The van der Waals surface area contributed by atoms with Gasteiger partial charge in [-0.3, -0.25) is 0 Å². The highest BCUT2D eigenvalue weighted by atomic mass is 16.5. The highest BCUT2D eigenvalue weighted by Crippen LogP contribution is 2.28. The molecule has 0 atom stereocenters. The van der Waals surface area contributed by atoms with Crippen LogP contribution in [0.5, 0.6) is 5.75 Å². The van der Waals surface area contributed by atoms with Gasteiger partial charge >= 0.3 is 0 Å². The first-order chi connectivity index (χ1) is 8.36. The smallest absolute Gasteiger partial charge is 0.143 e. The molecule has 0 fully saturated rings. The van der Waals surface area contributed by atoms with E-state index in [2.05, 4.69) is 11.6 Å². The summed E-state index contributed by atoms with van der Waals surface area (Å²) in [5.41, 5.74) is 1.02. The van der Waals surface area contributed by atoms with E-state index in [4.69, 9.17) is 4.74 Å². The van der Waals surface area contributed by atoms with Crippen LogP contribution in [0.4, 0.5) is 0 Å². The summed E-state index contributed by atoms with van der Waals surface area (Å²) >= 11 is 0. The van der Waals surface area contributed by atoms with Gasteiger partial charge in [0.15, 0.2) is 0 Å². The SMILES string of the molecule is C=CCn1ccnc1-c1ccccc1OCC. The molecule has 0 amide bonds. The molecule has 0 radical (unpaired) electrons. The monoisotopic (exact) mass is 228 g/mol. The van der Waals surface area contributed by atoms with Gasteiger partial charge in [0.25, 0.3) is 0 Å². The second kappa shape index (κ2) is 5.34. The molecule has 0 saturated heterocycles. The quantitative estimate of drug-likeness (QED) is 0.735. The molecular formula is C14H16N2O. The molecule has 17 heavy (non-hydrogen) atoms. The van der Waals surface area contributed by atoms with Crippen molar-refractivity contribution in [2.24, 2.45) is 0 Å². The third-order valence-corrected chi connectivity index (χ3v) is 2.47. The fraction of sp³-hybridized carbons (Fsp3) is 0.214. The van der Waals surface area contributed by atoms with Crippen LogP contribution < -0.4 is 4.74 Å². The van der Waals surface area contributed by atoms with Gasteiger partial charge in [0, 0.05) is 18.9 Å². The van der Waals surface area contributed by atoms with Crippen LogP contribution in [-0.2, 0) is 6.54 Å². The van der Waals surface area contributed by atoms with Crippen molar-refractivity contribution in [1.29, 1.82) is 0 Å². The standard InChI is InChI=1S/C14H16N2O/c1-3-10-16-11-9-15-14(16)12-7-5-6-8-13(12)17-4-2/h3,5-9,11H,1,4,10H2,2H3. The molecule has 0 bridgehead atoms. The largest absolute Gasteiger partial charge is 0.493 e. The Kier molecular flexibility index (Phi) is 3.60. The van der Waals surface area contributed by atoms with Gasteiger partial charge in [-0.1, -0.05) is 18.2 Å². The van der Waals surface area contributed by atoms with Crippen molar-refractivity contribution >= 4 is 0 Å². The Hall–Kier alpha value is -2.03. The number of aromatic nitrogens is 2. The summed E-state index contributed by atoms with van der Waals surface area (Å²) in [6.45, 7) is 7.13. The van der Waals surface area contributed by atoms with Crippen LogP contribution in [0.2, 0.25) is 0 Å². The van der Waals surface area contributed by atoms with Gasteiger partial charge in [-0.25, -0.2) is 4.98 Å². The Morgan fingerprint density at radius 1 is 1.41 bits per heavy atom. The van der Waals surface area contributed by atoms with E-state index in [9.17, 15) is 0 Å². The van der Waals surface area contributed by atoms with Crippen LogP contribution in [0, 0.1) is 0 Å². The highest BCUT2D eigenvalue weighted by molar-refractivity contribution is 5.64. The van der Waals surface area contributed by atoms with E-state index in [1.54, 1.807) is 6.20 Å². The first-order valence-corrected chi connectivity index (χ1v) is 5.71. The molecule has 1 aromatic heterocycles. The predicted molar refractivity (Wildman–Crippen MR) is 69.0 cm³/mol. The van der Waals surface area contributed by atoms with Crippen LogP contribution in [0.25, 0.3) is 11.4 Å². The number of hydrogen-bond donors (Lipinski definition) is 0. The zero-order valence-electron chi connectivity index (χ0n) is 9.97. The Labute approximate surface area is 101 Å². The number of benzene rings is 1. The van der Waals surface area contributed by atoms with Crippen molar-refractivity contribution in [2.75, 3.05) is 6.61 Å². The first kappa shape index (κ1) is 11.5. The van der Waals surface area contributed by atoms with Gasteiger partial charge in [-0.15, -0.1) is 6.58 Å². The zero-order chi connectivity index (χ0) is 12.1. The van der Waals surface area contributed by atoms with E-state index < -0.39 is 0 Å². The molecule has 0 aliphatic carbocycles. The molecule has 0 saturated carbocycles. The van der Waals surface area contributed by atoms with Gasteiger partial charge < -0.3 is 9.30 Å². The van der Waals surface area contributed by atoms with Gasteiger partial charge in [0.1, 0.15) is 11.6 Å². The summed E-state index contributed by atoms with van der Waals surface area (Å²) in [5.74, 6) is 1.78. The molecular weight excluding hydrogens is 212 g/mol. The number of nitrogens with zero attached hydrogens (tertiary/aromatic N) is 2. The van der Waals surface area contributed by atoms with E-state index in [0.29, 0.717) is 6.61 Å².